The summed E-state index contributed by atoms with van der Waals surface area (Å²) in [6.45, 7) is 4.81. The Labute approximate surface area is 206 Å². The number of hydrogen-bond donors (Lipinski definition) is 1. The number of imide groups is 1. The molecule has 0 bridgehead atoms. The van der Waals surface area contributed by atoms with Crippen LogP contribution in [0.25, 0.3) is 0 Å². The second-order valence-corrected chi connectivity index (χ2v) is 8.50. The number of nitrogens with one attached hydrogen (secondary N) is 1. The van der Waals surface area contributed by atoms with Gasteiger partial charge in [0.15, 0.2) is 0 Å². The third-order valence-corrected chi connectivity index (χ3v) is 6.10. The molecule has 2 aromatic carbocycles. The van der Waals surface area contributed by atoms with E-state index >= 15 is 0 Å². The fraction of sp³-hybridized carbons (Fsp3) is 0.407. The standard InChI is InChI=1S/C27H33N3O5/c1-4-16-28-25(32)23(5-2)30(18-19-12-14-20(35-3)15-13-19)24(31)11-8-17-29-26(33)21-9-6-7-10-22(21)27(29)34/h6-7,9-10,12-15,23H,4-5,8,11,16-18H2,1-3H3,(H,28,32)/t23-/m0/s1. The van der Waals surface area contributed by atoms with Gasteiger partial charge in [0.05, 0.1) is 18.2 Å². The Morgan fingerprint density at radius 1 is 1.00 bits per heavy atom. The van der Waals surface area contributed by atoms with Crippen molar-refractivity contribution in [3.8, 4) is 5.75 Å². The molecule has 1 atom stereocenters. The van der Waals surface area contributed by atoms with Gasteiger partial charge < -0.3 is 15.0 Å². The molecule has 2 aromatic rings. The summed E-state index contributed by atoms with van der Waals surface area (Å²) in [5.74, 6) is -0.343. The Balaban J connectivity index is 1.70. The first kappa shape index (κ1) is 25.9. The normalized spacial score (nSPS) is 13.4. The molecule has 8 nitrogen and oxygen atoms in total. The average molecular weight is 480 g/mol. The van der Waals surface area contributed by atoms with Crippen LogP contribution in [0.2, 0.25) is 0 Å². The van der Waals surface area contributed by atoms with Gasteiger partial charge in [-0.15, -0.1) is 0 Å². The van der Waals surface area contributed by atoms with Crippen molar-refractivity contribution in [3.05, 3.63) is 65.2 Å². The number of hydrogen-bond acceptors (Lipinski definition) is 5. The first-order chi connectivity index (χ1) is 16.9. The third kappa shape index (κ3) is 6.07. The van der Waals surface area contributed by atoms with Gasteiger partial charge >= 0.3 is 0 Å². The molecular weight excluding hydrogens is 446 g/mol. The summed E-state index contributed by atoms with van der Waals surface area (Å²) < 4.78 is 5.21. The molecule has 1 heterocycles. The summed E-state index contributed by atoms with van der Waals surface area (Å²) >= 11 is 0. The molecule has 8 heteroatoms. The van der Waals surface area contributed by atoms with Crippen LogP contribution in [-0.2, 0) is 16.1 Å². The summed E-state index contributed by atoms with van der Waals surface area (Å²) in [4.78, 5) is 54.2. The summed E-state index contributed by atoms with van der Waals surface area (Å²) in [6, 6.07) is 13.5. The molecule has 0 saturated heterocycles. The third-order valence-electron chi connectivity index (χ3n) is 6.10. The number of benzene rings is 2. The molecule has 0 aromatic heterocycles. The van der Waals surface area contributed by atoms with E-state index in [0.29, 0.717) is 36.3 Å². The van der Waals surface area contributed by atoms with E-state index in [1.165, 1.54) is 4.90 Å². The van der Waals surface area contributed by atoms with E-state index in [4.69, 9.17) is 4.74 Å². The molecule has 1 aliphatic rings. The molecule has 0 spiro atoms. The van der Waals surface area contributed by atoms with Gasteiger partial charge in [0, 0.05) is 26.1 Å². The van der Waals surface area contributed by atoms with Crippen LogP contribution in [0.4, 0.5) is 0 Å². The van der Waals surface area contributed by atoms with Gasteiger partial charge in [-0.2, -0.15) is 0 Å². The smallest absolute Gasteiger partial charge is 0.261 e. The van der Waals surface area contributed by atoms with Crippen molar-refractivity contribution in [1.82, 2.24) is 15.1 Å². The number of carbonyl (C=O) groups excluding carboxylic acids is 4. The zero-order valence-corrected chi connectivity index (χ0v) is 20.6. The van der Waals surface area contributed by atoms with E-state index in [1.54, 1.807) is 36.3 Å². The molecule has 4 amide bonds. The van der Waals surface area contributed by atoms with Crippen LogP contribution in [0.3, 0.4) is 0 Å². The maximum atomic E-state index is 13.3. The zero-order chi connectivity index (χ0) is 25.4. The van der Waals surface area contributed by atoms with Gasteiger partial charge in [-0.05, 0) is 49.1 Å². The maximum absolute atomic E-state index is 13.3. The first-order valence-corrected chi connectivity index (χ1v) is 12.1. The van der Waals surface area contributed by atoms with Gasteiger partial charge in [-0.3, -0.25) is 24.1 Å². The largest absolute Gasteiger partial charge is 0.497 e. The van der Waals surface area contributed by atoms with Crippen LogP contribution in [0.15, 0.2) is 48.5 Å². The van der Waals surface area contributed by atoms with E-state index in [-0.39, 0.29) is 43.1 Å². The van der Waals surface area contributed by atoms with Crippen LogP contribution in [-0.4, -0.2) is 59.7 Å². The van der Waals surface area contributed by atoms with Crippen LogP contribution in [0, 0.1) is 0 Å². The minimum atomic E-state index is -0.615. The van der Waals surface area contributed by atoms with Crippen molar-refractivity contribution in [1.29, 1.82) is 0 Å². The lowest BCUT2D eigenvalue weighted by molar-refractivity contribution is -0.141. The Bertz CT molecular complexity index is 1030. The second-order valence-electron chi connectivity index (χ2n) is 8.50. The quantitative estimate of drug-likeness (QED) is 0.471. The Morgan fingerprint density at radius 3 is 2.17 bits per heavy atom. The lowest BCUT2D eigenvalue weighted by atomic mass is 10.1. The van der Waals surface area contributed by atoms with Crippen molar-refractivity contribution in [2.24, 2.45) is 0 Å². The van der Waals surface area contributed by atoms with E-state index in [1.807, 2.05) is 38.1 Å². The topological polar surface area (TPSA) is 96.0 Å². The minimum absolute atomic E-state index is 0.112. The predicted octanol–water partition coefficient (Wildman–Crippen LogP) is 3.41. The number of nitrogens with zero attached hydrogens (tertiary/aromatic N) is 2. The molecule has 186 valence electrons. The highest BCUT2D eigenvalue weighted by Gasteiger charge is 2.35. The Kier molecular flexibility index (Phi) is 9.00. The molecule has 1 N–H and O–H groups in total. The van der Waals surface area contributed by atoms with E-state index in [0.717, 1.165) is 12.0 Å². The molecule has 0 fully saturated rings. The van der Waals surface area contributed by atoms with Crippen molar-refractivity contribution < 1.29 is 23.9 Å². The zero-order valence-electron chi connectivity index (χ0n) is 20.6. The number of methoxy groups -OCH3 is 1. The summed E-state index contributed by atoms with van der Waals surface area (Å²) in [6.07, 6.45) is 1.70. The van der Waals surface area contributed by atoms with Gasteiger partial charge in [0.25, 0.3) is 11.8 Å². The van der Waals surface area contributed by atoms with Crippen molar-refractivity contribution in [3.63, 3.8) is 0 Å². The van der Waals surface area contributed by atoms with E-state index in [9.17, 15) is 19.2 Å². The summed E-state index contributed by atoms with van der Waals surface area (Å²) in [5, 5.41) is 2.89. The SMILES string of the molecule is CCCNC(=O)[C@H](CC)N(Cc1ccc(OC)cc1)C(=O)CCCN1C(=O)c2ccccc2C1=O. The maximum Gasteiger partial charge on any atom is 0.261 e. The lowest BCUT2D eigenvalue weighted by Crippen LogP contribution is -2.49. The highest BCUT2D eigenvalue weighted by molar-refractivity contribution is 6.21. The number of rotatable bonds is 12. The van der Waals surface area contributed by atoms with Crippen LogP contribution in [0.5, 0.6) is 5.75 Å². The Hall–Kier alpha value is -3.68. The van der Waals surface area contributed by atoms with Crippen molar-refractivity contribution in [2.75, 3.05) is 20.2 Å². The van der Waals surface area contributed by atoms with Crippen LogP contribution >= 0.6 is 0 Å². The highest BCUT2D eigenvalue weighted by atomic mass is 16.5. The number of carbonyl (C=O) groups is 4. The number of amides is 4. The predicted molar refractivity (Wildman–Crippen MR) is 132 cm³/mol. The summed E-state index contributed by atoms with van der Waals surface area (Å²) in [7, 11) is 1.59. The van der Waals surface area contributed by atoms with Gasteiger partial charge in [-0.25, -0.2) is 0 Å². The van der Waals surface area contributed by atoms with Crippen molar-refractivity contribution in [2.45, 2.75) is 52.1 Å². The average Bonchev–Trinajstić information content (AvgIpc) is 3.12. The van der Waals surface area contributed by atoms with Gasteiger partial charge in [0.2, 0.25) is 11.8 Å². The molecular formula is C27H33N3O5. The Morgan fingerprint density at radius 2 is 1.63 bits per heavy atom. The molecule has 0 radical (unpaired) electrons. The first-order valence-electron chi connectivity index (χ1n) is 12.1. The second kappa shape index (κ2) is 12.1. The van der Waals surface area contributed by atoms with Crippen LogP contribution < -0.4 is 10.1 Å². The molecule has 0 unspecified atom stereocenters. The number of ether oxygens (including phenoxy) is 1. The highest BCUT2D eigenvalue weighted by Crippen LogP contribution is 2.23. The van der Waals surface area contributed by atoms with Gasteiger partial charge in [0.1, 0.15) is 11.8 Å². The fourth-order valence-electron chi connectivity index (χ4n) is 4.19. The number of fused-ring (bicyclic) bond motifs is 1. The molecule has 0 aliphatic carbocycles. The van der Waals surface area contributed by atoms with Gasteiger partial charge in [-0.1, -0.05) is 38.1 Å². The molecule has 0 saturated carbocycles. The molecule has 1 aliphatic heterocycles. The molecule has 3 rings (SSSR count). The van der Waals surface area contributed by atoms with Crippen LogP contribution in [0.1, 0.15) is 65.8 Å². The lowest BCUT2D eigenvalue weighted by Gasteiger charge is -2.31. The minimum Gasteiger partial charge on any atom is -0.497 e. The van der Waals surface area contributed by atoms with E-state index in [2.05, 4.69) is 5.32 Å². The van der Waals surface area contributed by atoms with E-state index < -0.39 is 6.04 Å². The summed E-state index contributed by atoms with van der Waals surface area (Å²) in [5.41, 5.74) is 1.66. The monoisotopic (exact) mass is 479 g/mol. The molecule has 35 heavy (non-hydrogen) atoms. The fourth-order valence-corrected chi connectivity index (χ4v) is 4.19. The van der Waals surface area contributed by atoms with Crippen molar-refractivity contribution >= 4 is 23.6 Å².